The minimum atomic E-state index is -0.639. The highest BCUT2D eigenvalue weighted by Crippen LogP contribution is 2.43. The fourth-order valence-electron chi connectivity index (χ4n) is 2.96. The summed E-state index contributed by atoms with van der Waals surface area (Å²) in [4.78, 5) is 0. The van der Waals surface area contributed by atoms with Gasteiger partial charge in [-0.2, -0.15) is 0 Å². The van der Waals surface area contributed by atoms with Gasteiger partial charge in [-0.05, 0) is 44.8 Å². The van der Waals surface area contributed by atoms with E-state index in [0.717, 1.165) is 22.1 Å². The molecule has 0 aromatic heterocycles. The van der Waals surface area contributed by atoms with E-state index in [9.17, 15) is 5.11 Å². The van der Waals surface area contributed by atoms with Crippen LogP contribution in [0.5, 0.6) is 11.5 Å². The minimum absolute atomic E-state index is 0.103. The van der Waals surface area contributed by atoms with Crippen molar-refractivity contribution < 1.29 is 14.6 Å². The molecule has 0 saturated carbocycles. The molecule has 2 heterocycles. The Morgan fingerprint density at radius 2 is 2.10 bits per heavy atom. The van der Waals surface area contributed by atoms with Crippen molar-refractivity contribution in [2.75, 3.05) is 6.79 Å². The highest BCUT2D eigenvalue weighted by Gasteiger charge is 2.30. The van der Waals surface area contributed by atoms with Gasteiger partial charge in [0.1, 0.15) is 0 Å². The molecule has 21 heavy (non-hydrogen) atoms. The lowest BCUT2D eigenvalue weighted by atomic mass is 9.96. The number of aliphatic hydroxyl groups is 1. The average molecular weight is 348 g/mol. The highest BCUT2D eigenvalue weighted by molar-refractivity contribution is 9.10. The van der Waals surface area contributed by atoms with E-state index in [-0.39, 0.29) is 12.8 Å². The first-order valence-electron chi connectivity index (χ1n) is 6.82. The molecule has 2 aliphatic heterocycles. The molecule has 0 fully saturated rings. The lowest BCUT2D eigenvalue weighted by molar-refractivity contribution is 0.133. The molecule has 2 N–H and O–H groups in total. The SMILES string of the molecule is OC(c1cc(Br)c2c(c1)OCO2)C1NCc2ccccc21. The van der Waals surface area contributed by atoms with Gasteiger partial charge in [0.25, 0.3) is 0 Å². The first-order valence-corrected chi connectivity index (χ1v) is 7.61. The van der Waals surface area contributed by atoms with Crippen molar-refractivity contribution in [1.82, 2.24) is 5.32 Å². The topological polar surface area (TPSA) is 50.7 Å². The minimum Gasteiger partial charge on any atom is -0.454 e. The molecule has 2 aromatic rings. The summed E-state index contributed by atoms with van der Waals surface area (Å²) in [6.07, 6.45) is -0.639. The number of aliphatic hydroxyl groups excluding tert-OH is 1. The van der Waals surface area contributed by atoms with Gasteiger partial charge in [0.05, 0.1) is 16.6 Å². The van der Waals surface area contributed by atoms with Crippen LogP contribution in [0.2, 0.25) is 0 Å². The molecule has 2 atom stereocenters. The van der Waals surface area contributed by atoms with Crippen LogP contribution in [0.3, 0.4) is 0 Å². The third-order valence-corrected chi connectivity index (χ3v) is 4.60. The van der Waals surface area contributed by atoms with E-state index in [1.165, 1.54) is 5.56 Å². The zero-order valence-corrected chi connectivity index (χ0v) is 12.8. The van der Waals surface area contributed by atoms with Gasteiger partial charge >= 0.3 is 0 Å². The molecule has 0 spiro atoms. The maximum Gasteiger partial charge on any atom is 0.231 e. The van der Waals surface area contributed by atoms with Crippen molar-refractivity contribution in [3.63, 3.8) is 0 Å². The zero-order valence-electron chi connectivity index (χ0n) is 11.2. The molecule has 2 unspecified atom stereocenters. The van der Waals surface area contributed by atoms with Crippen LogP contribution in [0.1, 0.15) is 28.8 Å². The second-order valence-electron chi connectivity index (χ2n) is 5.24. The van der Waals surface area contributed by atoms with Gasteiger partial charge in [-0.15, -0.1) is 0 Å². The average Bonchev–Trinajstić information content (AvgIpc) is 3.13. The lowest BCUT2D eigenvalue weighted by Gasteiger charge is -2.20. The maximum absolute atomic E-state index is 10.7. The molecular formula is C16H14BrNO3. The Morgan fingerprint density at radius 1 is 1.24 bits per heavy atom. The number of hydrogen-bond donors (Lipinski definition) is 2. The van der Waals surface area contributed by atoms with E-state index in [2.05, 4.69) is 33.4 Å². The molecular weight excluding hydrogens is 334 g/mol. The van der Waals surface area contributed by atoms with Crippen molar-refractivity contribution >= 4 is 15.9 Å². The summed E-state index contributed by atoms with van der Waals surface area (Å²) >= 11 is 3.47. The summed E-state index contributed by atoms with van der Waals surface area (Å²) in [5.41, 5.74) is 3.19. The predicted molar refractivity (Wildman–Crippen MR) is 81.2 cm³/mol. The second-order valence-corrected chi connectivity index (χ2v) is 6.09. The van der Waals surface area contributed by atoms with Crippen molar-refractivity contribution in [1.29, 1.82) is 0 Å². The van der Waals surface area contributed by atoms with E-state index in [1.54, 1.807) is 0 Å². The molecule has 0 radical (unpaired) electrons. The molecule has 0 saturated heterocycles. The molecule has 108 valence electrons. The number of hydrogen-bond acceptors (Lipinski definition) is 4. The number of halogens is 1. The van der Waals surface area contributed by atoms with Crippen LogP contribution in [-0.4, -0.2) is 11.9 Å². The van der Waals surface area contributed by atoms with Crippen LogP contribution in [0.4, 0.5) is 0 Å². The number of fused-ring (bicyclic) bond motifs is 2. The van der Waals surface area contributed by atoms with Gasteiger partial charge < -0.3 is 19.9 Å². The summed E-state index contributed by atoms with van der Waals surface area (Å²) in [5, 5.41) is 14.1. The zero-order chi connectivity index (χ0) is 14.4. The maximum atomic E-state index is 10.7. The summed E-state index contributed by atoms with van der Waals surface area (Å²) in [6.45, 7) is 1.00. The van der Waals surface area contributed by atoms with Crippen molar-refractivity contribution in [3.05, 3.63) is 57.6 Å². The Morgan fingerprint density at radius 3 is 3.00 bits per heavy atom. The second kappa shape index (κ2) is 5.02. The molecule has 0 aliphatic carbocycles. The van der Waals surface area contributed by atoms with E-state index >= 15 is 0 Å². The molecule has 2 aliphatic rings. The van der Waals surface area contributed by atoms with Gasteiger partial charge in [0.2, 0.25) is 6.79 Å². The Bertz CT molecular complexity index is 704. The fourth-order valence-corrected chi connectivity index (χ4v) is 3.53. The number of ether oxygens (including phenoxy) is 2. The lowest BCUT2D eigenvalue weighted by Crippen LogP contribution is -2.20. The number of benzene rings is 2. The first kappa shape index (κ1) is 13.1. The van der Waals surface area contributed by atoms with E-state index in [1.807, 2.05) is 24.3 Å². The quantitative estimate of drug-likeness (QED) is 0.876. The van der Waals surface area contributed by atoms with Crippen molar-refractivity contribution in [3.8, 4) is 11.5 Å². The molecule has 2 aromatic carbocycles. The van der Waals surface area contributed by atoms with E-state index in [0.29, 0.717) is 11.5 Å². The first-order chi connectivity index (χ1) is 10.2. The van der Waals surface area contributed by atoms with Crippen LogP contribution in [0.15, 0.2) is 40.9 Å². The van der Waals surface area contributed by atoms with E-state index < -0.39 is 6.10 Å². The molecule has 0 amide bonds. The Balaban J connectivity index is 1.70. The number of nitrogens with one attached hydrogen (secondary N) is 1. The van der Waals surface area contributed by atoms with Gasteiger partial charge in [0.15, 0.2) is 11.5 Å². The van der Waals surface area contributed by atoms with Gasteiger partial charge in [0, 0.05) is 6.54 Å². The predicted octanol–water partition coefficient (Wildman–Crippen LogP) is 3.06. The van der Waals surface area contributed by atoms with Crippen LogP contribution in [0.25, 0.3) is 0 Å². The Labute approximate surface area is 130 Å². The third kappa shape index (κ3) is 2.12. The Kier molecular flexibility index (Phi) is 3.14. The van der Waals surface area contributed by atoms with Crippen LogP contribution < -0.4 is 14.8 Å². The Hall–Kier alpha value is -1.56. The van der Waals surface area contributed by atoms with Crippen LogP contribution in [-0.2, 0) is 6.54 Å². The normalized spacial score (nSPS) is 20.4. The molecule has 4 rings (SSSR count). The third-order valence-electron chi connectivity index (χ3n) is 4.01. The van der Waals surface area contributed by atoms with Crippen LogP contribution in [0, 0.1) is 0 Å². The highest BCUT2D eigenvalue weighted by atomic mass is 79.9. The van der Waals surface area contributed by atoms with Gasteiger partial charge in [-0.3, -0.25) is 0 Å². The molecule has 5 heteroatoms. The smallest absolute Gasteiger partial charge is 0.231 e. The summed E-state index contributed by atoms with van der Waals surface area (Å²) < 4.78 is 11.6. The summed E-state index contributed by atoms with van der Waals surface area (Å²) in [6, 6.07) is 11.8. The summed E-state index contributed by atoms with van der Waals surface area (Å²) in [5.74, 6) is 1.37. The van der Waals surface area contributed by atoms with Gasteiger partial charge in [-0.1, -0.05) is 24.3 Å². The number of rotatable bonds is 2. The van der Waals surface area contributed by atoms with Gasteiger partial charge in [-0.25, -0.2) is 0 Å². The standard InChI is InChI=1S/C16H14BrNO3/c17-12-5-10(6-13-16(12)21-8-20-13)15(19)14-11-4-2-1-3-9(11)7-18-14/h1-6,14-15,18-19H,7-8H2. The van der Waals surface area contributed by atoms with Crippen molar-refractivity contribution in [2.45, 2.75) is 18.7 Å². The monoisotopic (exact) mass is 347 g/mol. The van der Waals surface area contributed by atoms with Crippen molar-refractivity contribution in [2.24, 2.45) is 0 Å². The largest absolute Gasteiger partial charge is 0.454 e. The van der Waals surface area contributed by atoms with Crippen LogP contribution >= 0.6 is 15.9 Å². The molecule has 0 bridgehead atoms. The summed E-state index contributed by atoms with van der Waals surface area (Å²) in [7, 11) is 0. The van der Waals surface area contributed by atoms with E-state index in [4.69, 9.17) is 9.47 Å². The molecule has 4 nitrogen and oxygen atoms in total. The fraction of sp³-hybridized carbons (Fsp3) is 0.250.